The fourth-order valence-electron chi connectivity index (χ4n) is 1.68. The van der Waals surface area contributed by atoms with E-state index in [0.717, 1.165) is 5.69 Å². The van der Waals surface area contributed by atoms with Crippen LogP contribution in [0.2, 0.25) is 0 Å². The molecule has 0 bridgehead atoms. The van der Waals surface area contributed by atoms with Crippen LogP contribution in [0.5, 0.6) is 0 Å². The first-order chi connectivity index (χ1) is 9.78. The van der Waals surface area contributed by atoms with Crippen LogP contribution in [0.15, 0.2) is 48.7 Å². The van der Waals surface area contributed by atoms with E-state index >= 15 is 0 Å². The van der Waals surface area contributed by atoms with Gasteiger partial charge < -0.3 is 10.6 Å². The number of aromatic nitrogens is 1. The van der Waals surface area contributed by atoms with Crippen LogP contribution in [-0.2, 0) is 11.3 Å². The molecule has 100 valence electrons. The summed E-state index contributed by atoms with van der Waals surface area (Å²) >= 11 is 0. The number of carbonyl (C=O) groups excluding carboxylic acids is 1. The van der Waals surface area contributed by atoms with Gasteiger partial charge in [-0.25, -0.2) is 0 Å². The Balaban J connectivity index is 1.79. The highest BCUT2D eigenvalue weighted by molar-refractivity contribution is 5.92. The summed E-state index contributed by atoms with van der Waals surface area (Å²) in [5, 5.41) is 14.5. The molecule has 0 radical (unpaired) electrons. The number of benzene rings is 1. The van der Waals surface area contributed by atoms with Crippen LogP contribution >= 0.6 is 0 Å². The van der Waals surface area contributed by atoms with Crippen LogP contribution in [0, 0.1) is 11.3 Å². The van der Waals surface area contributed by atoms with Crippen molar-refractivity contribution in [1.82, 2.24) is 10.3 Å². The molecule has 0 atom stereocenters. The third kappa shape index (κ3) is 4.19. The van der Waals surface area contributed by atoms with E-state index in [-0.39, 0.29) is 12.5 Å². The van der Waals surface area contributed by atoms with Gasteiger partial charge in [0.1, 0.15) is 0 Å². The van der Waals surface area contributed by atoms with Crippen LogP contribution < -0.4 is 10.6 Å². The minimum absolute atomic E-state index is 0.156. The van der Waals surface area contributed by atoms with Crippen molar-refractivity contribution in [2.45, 2.75) is 6.54 Å². The zero-order chi connectivity index (χ0) is 14.2. The monoisotopic (exact) mass is 266 g/mol. The maximum Gasteiger partial charge on any atom is 0.238 e. The Labute approximate surface area is 117 Å². The van der Waals surface area contributed by atoms with Crippen LogP contribution in [0.25, 0.3) is 0 Å². The van der Waals surface area contributed by atoms with Crippen molar-refractivity contribution < 1.29 is 4.79 Å². The quantitative estimate of drug-likeness (QED) is 0.863. The zero-order valence-electron chi connectivity index (χ0n) is 10.8. The van der Waals surface area contributed by atoms with Crippen molar-refractivity contribution in [3.05, 3.63) is 59.9 Å². The van der Waals surface area contributed by atoms with Gasteiger partial charge in [0.05, 0.1) is 23.9 Å². The average molecular weight is 266 g/mol. The molecule has 0 fully saturated rings. The van der Waals surface area contributed by atoms with Gasteiger partial charge in [-0.1, -0.05) is 12.1 Å². The first kappa shape index (κ1) is 13.7. The minimum atomic E-state index is -0.156. The highest BCUT2D eigenvalue weighted by atomic mass is 16.1. The Hall–Kier alpha value is -2.71. The largest absolute Gasteiger partial charge is 0.325 e. The highest BCUT2D eigenvalue weighted by Crippen LogP contribution is 2.09. The van der Waals surface area contributed by atoms with Crippen molar-refractivity contribution in [2.24, 2.45) is 0 Å². The lowest BCUT2D eigenvalue weighted by Crippen LogP contribution is -2.27. The molecule has 0 saturated carbocycles. The maximum atomic E-state index is 11.7. The molecule has 1 heterocycles. The number of anilines is 1. The van der Waals surface area contributed by atoms with E-state index in [1.165, 1.54) is 0 Å². The van der Waals surface area contributed by atoms with Crippen LogP contribution in [0.1, 0.15) is 11.3 Å². The van der Waals surface area contributed by atoms with Gasteiger partial charge in [-0.05, 0) is 30.3 Å². The molecule has 0 saturated heterocycles. The molecular weight excluding hydrogens is 252 g/mol. The van der Waals surface area contributed by atoms with Gasteiger partial charge in [0.25, 0.3) is 0 Å². The fraction of sp³-hybridized carbons (Fsp3) is 0.133. The second kappa shape index (κ2) is 7.02. The van der Waals surface area contributed by atoms with Gasteiger partial charge in [0.15, 0.2) is 0 Å². The highest BCUT2D eigenvalue weighted by Gasteiger charge is 2.02. The smallest absolute Gasteiger partial charge is 0.238 e. The third-order valence-electron chi connectivity index (χ3n) is 2.59. The molecule has 1 amide bonds. The summed E-state index contributed by atoms with van der Waals surface area (Å²) in [6.07, 6.45) is 1.71. The lowest BCUT2D eigenvalue weighted by molar-refractivity contribution is -0.115. The summed E-state index contributed by atoms with van der Waals surface area (Å²) in [4.78, 5) is 15.9. The number of hydrogen-bond donors (Lipinski definition) is 2. The molecule has 1 aromatic heterocycles. The van der Waals surface area contributed by atoms with Crippen molar-refractivity contribution in [1.29, 1.82) is 5.26 Å². The standard InChI is InChI=1S/C15H14N4O/c16-9-12-4-3-6-13(8-12)19-15(20)11-17-10-14-5-1-2-7-18-14/h1-8,17H,10-11H2,(H,19,20). The number of hydrogen-bond acceptors (Lipinski definition) is 4. The van der Waals surface area contributed by atoms with E-state index in [2.05, 4.69) is 15.6 Å². The first-order valence-corrected chi connectivity index (χ1v) is 6.18. The molecule has 5 nitrogen and oxygen atoms in total. The van der Waals surface area contributed by atoms with E-state index in [4.69, 9.17) is 5.26 Å². The maximum absolute atomic E-state index is 11.7. The SMILES string of the molecule is N#Cc1cccc(NC(=O)CNCc2ccccn2)c1. The minimum Gasteiger partial charge on any atom is -0.325 e. The van der Waals surface area contributed by atoms with E-state index in [1.807, 2.05) is 24.3 Å². The van der Waals surface area contributed by atoms with Crippen LogP contribution in [-0.4, -0.2) is 17.4 Å². The Morgan fingerprint density at radius 2 is 2.15 bits per heavy atom. The molecule has 2 N–H and O–H groups in total. The number of rotatable bonds is 5. The number of nitriles is 1. The van der Waals surface area contributed by atoms with Crippen LogP contribution in [0.4, 0.5) is 5.69 Å². The van der Waals surface area contributed by atoms with Crippen molar-refractivity contribution in [3.8, 4) is 6.07 Å². The summed E-state index contributed by atoms with van der Waals surface area (Å²) in [7, 11) is 0. The summed E-state index contributed by atoms with van der Waals surface area (Å²) in [5.41, 5.74) is 2.02. The predicted molar refractivity (Wildman–Crippen MR) is 75.7 cm³/mol. The normalized spacial score (nSPS) is 9.75. The lowest BCUT2D eigenvalue weighted by atomic mass is 10.2. The molecule has 2 aromatic rings. The number of nitrogens with zero attached hydrogens (tertiary/aromatic N) is 2. The van der Waals surface area contributed by atoms with E-state index < -0.39 is 0 Å². The Bertz CT molecular complexity index is 619. The van der Waals surface area contributed by atoms with E-state index in [1.54, 1.807) is 30.5 Å². The second-order valence-electron chi connectivity index (χ2n) is 4.17. The van der Waals surface area contributed by atoms with Crippen molar-refractivity contribution in [2.75, 3.05) is 11.9 Å². The van der Waals surface area contributed by atoms with Gasteiger partial charge in [-0.2, -0.15) is 5.26 Å². The Morgan fingerprint density at radius 1 is 1.25 bits per heavy atom. The molecule has 0 aliphatic carbocycles. The van der Waals surface area contributed by atoms with Crippen molar-refractivity contribution >= 4 is 11.6 Å². The number of carbonyl (C=O) groups is 1. The summed E-state index contributed by atoms with van der Waals surface area (Å²) < 4.78 is 0. The number of pyridine rings is 1. The van der Waals surface area contributed by atoms with E-state index in [0.29, 0.717) is 17.8 Å². The number of nitrogens with one attached hydrogen (secondary N) is 2. The van der Waals surface area contributed by atoms with Gasteiger partial charge in [0.2, 0.25) is 5.91 Å². The molecule has 5 heteroatoms. The topological polar surface area (TPSA) is 77.8 Å². The molecular formula is C15H14N4O. The average Bonchev–Trinajstić information content (AvgIpc) is 2.48. The number of amides is 1. The molecule has 2 rings (SSSR count). The van der Waals surface area contributed by atoms with Gasteiger partial charge in [-0.3, -0.25) is 9.78 Å². The summed E-state index contributed by atoms with van der Waals surface area (Å²) in [5.74, 6) is -0.156. The zero-order valence-corrected chi connectivity index (χ0v) is 10.8. The summed E-state index contributed by atoms with van der Waals surface area (Å²) in [6.45, 7) is 0.722. The fourth-order valence-corrected chi connectivity index (χ4v) is 1.68. The van der Waals surface area contributed by atoms with Crippen molar-refractivity contribution in [3.63, 3.8) is 0 Å². The third-order valence-corrected chi connectivity index (χ3v) is 2.59. The second-order valence-corrected chi connectivity index (χ2v) is 4.17. The molecule has 20 heavy (non-hydrogen) atoms. The molecule has 1 aromatic carbocycles. The predicted octanol–water partition coefficient (Wildman–Crippen LogP) is 1.68. The first-order valence-electron chi connectivity index (χ1n) is 6.18. The van der Waals surface area contributed by atoms with Crippen LogP contribution in [0.3, 0.4) is 0 Å². The Morgan fingerprint density at radius 3 is 2.90 bits per heavy atom. The van der Waals surface area contributed by atoms with Gasteiger partial charge in [-0.15, -0.1) is 0 Å². The molecule has 0 unspecified atom stereocenters. The summed E-state index contributed by atoms with van der Waals surface area (Å²) in [6, 6.07) is 14.5. The lowest BCUT2D eigenvalue weighted by Gasteiger charge is -2.06. The Kier molecular flexibility index (Phi) is 4.81. The molecule has 0 aliphatic heterocycles. The molecule has 0 spiro atoms. The van der Waals surface area contributed by atoms with Gasteiger partial charge >= 0.3 is 0 Å². The van der Waals surface area contributed by atoms with E-state index in [9.17, 15) is 4.79 Å². The van der Waals surface area contributed by atoms with Gasteiger partial charge in [0, 0.05) is 18.4 Å². The molecule has 0 aliphatic rings.